The van der Waals surface area contributed by atoms with Crippen LogP contribution in [0.4, 0.5) is 0 Å². The van der Waals surface area contributed by atoms with Crippen LogP contribution < -0.4 is 5.73 Å². The van der Waals surface area contributed by atoms with Crippen molar-refractivity contribution in [1.82, 2.24) is 4.31 Å². The van der Waals surface area contributed by atoms with Crippen LogP contribution in [0.1, 0.15) is 45.6 Å². The molecule has 0 saturated carbocycles. The Morgan fingerprint density at radius 1 is 1.33 bits per heavy atom. The van der Waals surface area contributed by atoms with Gasteiger partial charge in [0.25, 0.3) is 0 Å². The molecule has 0 aliphatic heterocycles. The molecule has 0 fully saturated rings. The highest BCUT2D eigenvalue weighted by Crippen LogP contribution is 2.28. The molecule has 4 nitrogen and oxygen atoms in total. The van der Waals surface area contributed by atoms with E-state index < -0.39 is 10.0 Å². The van der Waals surface area contributed by atoms with E-state index in [0.717, 1.165) is 24.8 Å². The number of nitrogens with two attached hydrogens (primary N) is 1. The minimum absolute atomic E-state index is 0.0114. The van der Waals surface area contributed by atoms with E-state index in [2.05, 4.69) is 22.9 Å². The van der Waals surface area contributed by atoms with Crippen molar-refractivity contribution in [1.29, 1.82) is 0 Å². The van der Waals surface area contributed by atoms with Gasteiger partial charge < -0.3 is 5.73 Å². The molecule has 1 aromatic carbocycles. The van der Waals surface area contributed by atoms with Crippen LogP contribution in [0.5, 0.6) is 0 Å². The van der Waals surface area contributed by atoms with Crippen LogP contribution in [-0.2, 0) is 16.6 Å². The fourth-order valence-corrected chi connectivity index (χ4v) is 4.93. The maximum atomic E-state index is 12.9. The van der Waals surface area contributed by atoms with Crippen LogP contribution in [0, 0.1) is 0 Å². The first-order valence-electron chi connectivity index (χ1n) is 7.38. The summed E-state index contributed by atoms with van der Waals surface area (Å²) < 4.78 is 28.0. The number of nitrogens with zero attached hydrogens (tertiary/aromatic N) is 1. The molecule has 0 radical (unpaired) electrons. The molecule has 2 N–H and O–H groups in total. The summed E-state index contributed by atoms with van der Waals surface area (Å²) in [6, 6.07) is 5.18. The molecule has 6 heteroatoms. The topological polar surface area (TPSA) is 63.4 Å². The predicted molar refractivity (Wildman–Crippen MR) is 90.6 cm³/mol. The van der Waals surface area contributed by atoms with Crippen LogP contribution in [0.25, 0.3) is 0 Å². The largest absolute Gasteiger partial charge is 0.326 e. The van der Waals surface area contributed by atoms with Crippen molar-refractivity contribution < 1.29 is 8.42 Å². The van der Waals surface area contributed by atoms with Crippen LogP contribution in [0.3, 0.4) is 0 Å². The zero-order chi connectivity index (χ0) is 16.0. The second-order valence-electron chi connectivity index (χ2n) is 5.20. The van der Waals surface area contributed by atoms with Gasteiger partial charge in [-0.1, -0.05) is 26.3 Å². The third-order valence-electron chi connectivity index (χ3n) is 3.63. The van der Waals surface area contributed by atoms with E-state index >= 15 is 0 Å². The number of rotatable bonds is 8. The average Bonchev–Trinajstić information content (AvgIpc) is 2.46. The van der Waals surface area contributed by atoms with Gasteiger partial charge in [-0.05, 0) is 53.4 Å². The Morgan fingerprint density at radius 2 is 2.00 bits per heavy atom. The maximum Gasteiger partial charge on any atom is 0.244 e. The van der Waals surface area contributed by atoms with Gasteiger partial charge in [0.2, 0.25) is 10.0 Å². The van der Waals surface area contributed by atoms with Crippen LogP contribution in [0.15, 0.2) is 27.6 Å². The van der Waals surface area contributed by atoms with Crippen molar-refractivity contribution in [3.8, 4) is 0 Å². The van der Waals surface area contributed by atoms with Crippen molar-refractivity contribution in [2.24, 2.45) is 5.73 Å². The van der Waals surface area contributed by atoms with Gasteiger partial charge >= 0.3 is 0 Å². The number of sulfonamides is 1. The van der Waals surface area contributed by atoms with Crippen molar-refractivity contribution in [3.05, 3.63) is 28.2 Å². The van der Waals surface area contributed by atoms with E-state index in [4.69, 9.17) is 5.73 Å². The van der Waals surface area contributed by atoms with Crippen molar-refractivity contribution >= 4 is 26.0 Å². The van der Waals surface area contributed by atoms with E-state index in [1.54, 1.807) is 22.5 Å². The molecule has 0 bridgehead atoms. The molecule has 0 aliphatic rings. The minimum atomic E-state index is -3.49. The average molecular weight is 377 g/mol. The molecule has 0 aliphatic carbocycles. The highest BCUT2D eigenvalue weighted by molar-refractivity contribution is 9.10. The van der Waals surface area contributed by atoms with E-state index in [0.29, 0.717) is 22.5 Å². The quantitative estimate of drug-likeness (QED) is 0.754. The van der Waals surface area contributed by atoms with Gasteiger partial charge in [-0.25, -0.2) is 8.42 Å². The molecule has 0 aromatic heterocycles. The Labute approximate surface area is 136 Å². The third kappa shape index (κ3) is 4.52. The molecular formula is C15H25BrN2O2S. The number of benzene rings is 1. The summed E-state index contributed by atoms with van der Waals surface area (Å²) in [5.41, 5.74) is 6.50. The first-order valence-corrected chi connectivity index (χ1v) is 9.62. The molecule has 0 heterocycles. The maximum absolute atomic E-state index is 12.9. The first-order chi connectivity index (χ1) is 9.88. The first kappa shape index (κ1) is 18.6. The Morgan fingerprint density at radius 3 is 2.48 bits per heavy atom. The van der Waals surface area contributed by atoms with Crippen molar-refractivity contribution in [3.63, 3.8) is 0 Å². The summed E-state index contributed by atoms with van der Waals surface area (Å²) in [5.74, 6) is 0. The molecule has 1 aromatic rings. The molecular weight excluding hydrogens is 352 g/mol. The fraction of sp³-hybridized carbons (Fsp3) is 0.600. The Hall–Kier alpha value is -0.430. The van der Waals surface area contributed by atoms with Gasteiger partial charge in [-0.3, -0.25) is 0 Å². The monoisotopic (exact) mass is 376 g/mol. The van der Waals surface area contributed by atoms with E-state index in [9.17, 15) is 8.42 Å². The number of unbranched alkanes of at least 4 members (excludes halogenated alkanes) is 1. The second-order valence-corrected chi connectivity index (χ2v) is 7.91. The highest BCUT2D eigenvalue weighted by atomic mass is 79.9. The standard InChI is InChI=1S/C15H25BrN2O2S/c1-4-6-9-18(12(3)5-2)21(19,20)15-8-7-13(11-17)10-14(15)16/h7-8,10,12H,4-6,9,11,17H2,1-3H3. The smallest absolute Gasteiger partial charge is 0.244 e. The molecule has 0 saturated heterocycles. The molecule has 1 rings (SSSR count). The fourth-order valence-electron chi connectivity index (χ4n) is 2.10. The van der Waals surface area contributed by atoms with Gasteiger partial charge in [0, 0.05) is 23.6 Å². The lowest BCUT2D eigenvalue weighted by molar-refractivity contribution is 0.324. The molecule has 1 atom stereocenters. The lowest BCUT2D eigenvalue weighted by Crippen LogP contribution is -2.39. The van der Waals surface area contributed by atoms with Crippen molar-refractivity contribution in [2.75, 3.05) is 6.54 Å². The van der Waals surface area contributed by atoms with Gasteiger partial charge in [-0.2, -0.15) is 4.31 Å². The zero-order valence-corrected chi connectivity index (χ0v) is 15.4. The SMILES string of the molecule is CCCCN(C(C)CC)S(=O)(=O)c1ccc(CN)cc1Br. The van der Waals surface area contributed by atoms with E-state index in [-0.39, 0.29) is 6.04 Å². The number of halogens is 1. The normalized spacial score (nSPS) is 13.6. The predicted octanol–water partition coefficient (Wildman–Crippen LogP) is 3.50. The highest BCUT2D eigenvalue weighted by Gasteiger charge is 2.29. The van der Waals surface area contributed by atoms with Crippen LogP contribution in [-0.4, -0.2) is 25.3 Å². The van der Waals surface area contributed by atoms with E-state index in [1.165, 1.54) is 0 Å². The Kier molecular flexibility index (Phi) is 7.33. The lowest BCUT2D eigenvalue weighted by Gasteiger charge is -2.28. The van der Waals surface area contributed by atoms with E-state index in [1.807, 2.05) is 13.8 Å². The minimum Gasteiger partial charge on any atom is -0.326 e. The number of hydrogen-bond acceptors (Lipinski definition) is 3. The zero-order valence-electron chi connectivity index (χ0n) is 13.0. The van der Waals surface area contributed by atoms with Crippen LogP contribution >= 0.6 is 15.9 Å². The van der Waals surface area contributed by atoms with Gasteiger partial charge in [0.05, 0.1) is 4.90 Å². The van der Waals surface area contributed by atoms with Crippen molar-refractivity contribution in [2.45, 2.75) is 57.5 Å². The second kappa shape index (κ2) is 8.27. The van der Waals surface area contributed by atoms with Gasteiger partial charge in [-0.15, -0.1) is 0 Å². The Balaban J connectivity index is 3.21. The summed E-state index contributed by atoms with van der Waals surface area (Å²) in [4.78, 5) is 0.316. The molecule has 1 unspecified atom stereocenters. The lowest BCUT2D eigenvalue weighted by atomic mass is 10.2. The summed E-state index contributed by atoms with van der Waals surface area (Å²) in [5, 5.41) is 0. The Bertz CT molecular complexity index is 561. The molecule has 120 valence electrons. The summed E-state index contributed by atoms with van der Waals surface area (Å²) in [6.45, 7) is 6.97. The molecule has 21 heavy (non-hydrogen) atoms. The summed E-state index contributed by atoms with van der Waals surface area (Å²) in [7, 11) is -3.49. The van der Waals surface area contributed by atoms with Crippen LogP contribution in [0.2, 0.25) is 0 Å². The van der Waals surface area contributed by atoms with Gasteiger partial charge in [0.15, 0.2) is 0 Å². The molecule has 0 spiro atoms. The summed E-state index contributed by atoms with van der Waals surface area (Å²) >= 11 is 3.37. The molecule has 0 amide bonds. The summed E-state index contributed by atoms with van der Waals surface area (Å²) in [6.07, 6.45) is 2.62. The van der Waals surface area contributed by atoms with Gasteiger partial charge in [0.1, 0.15) is 0 Å². The third-order valence-corrected chi connectivity index (χ3v) is 6.62. The number of hydrogen-bond donors (Lipinski definition) is 1.